The Hall–Kier alpha value is -2.03. The maximum absolute atomic E-state index is 12.0. The Morgan fingerprint density at radius 2 is 1.79 bits per heavy atom. The maximum Gasteiger partial charge on any atom is 0.347 e. The van der Waals surface area contributed by atoms with Crippen LogP contribution in [0.5, 0.6) is 5.75 Å². The predicted molar refractivity (Wildman–Crippen MR) is 75.7 cm³/mol. The van der Waals surface area contributed by atoms with Crippen LogP contribution in [0.2, 0.25) is 0 Å². The van der Waals surface area contributed by atoms with E-state index in [0.29, 0.717) is 16.9 Å². The molecule has 2 heterocycles. The van der Waals surface area contributed by atoms with Crippen LogP contribution in [0, 0.1) is 13.8 Å². The van der Waals surface area contributed by atoms with Crippen molar-refractivity contribution in [3.8, 4) is 5.75 Å². The van der Waals surface area contributed by atoms with Crippen molar-refractivity contribution in [2.45, 2.75) is 33.3 Å². The van der Waals surface area contributed by atoms with Crippen LogP contribution in [0.25, 0.3) is 17.0 Å². The van der Waals surface area contributed by atoms with Gasteiger partial charge in [0.1, 0.15) is 22.5 Å². The molecule has 0 N–H and O–H groups in total. The summed E-state index contributed by atoms with van der Waals surface area (Å²) in [4.78, 5) is 12.0. The molecule has 1 aliphatic heterocycles. The molecule has 0 amide bonds. The van der Waals surface area contributed by atoms with Gasteiger partial charge in [-0.05, 0) is 63.1 Å². The van der Waals surface area contributed by atoms with Crippen LogP contribution in [0.4, 0.5) is 0 Å². The summed E-state index contributed by atoms with van der Waals surface area (Å²) in [6.07, 6.45) is 3.67. The lowest BCUT2D eigenvalue weighted by Gasteiger charge is -2.28. The van der Waals surface area contributed by atoms with E-state index in [-0.39, 0.29) is 5.63 Å². The highest BCUT2D eigenvalue weighted by Crippen LogP contribution is 2.36. The topological polar surface area (TPSA) is 39.4 Å². The first-order valence-electron chi connectivity index (χ1n) is 6.34. The van der Waals surface area contributed by atoms with Crippen LogP contribution in [0.1, 0.15) is 30.5 Å². The Morgan fingerprint density at radius 3 is 2.53 bits per heavy atom. The normalized spacial score (nSPS) is 16.2. The minimum atomic E-state index is -0.410. The largest absolute Gasteiger partial charge is 0.482 e. The molecule has 0 unspecified atom stereocenters. The molecule has 0 bridgehead atoms. The third-order valence-electron chi connectivity index (χ3n) is 3.52. The van der Waals surface area contributed by atoms with Crippen molar-refractivity contribution in [1.29, 1.82) is 0 Å². The van der Waals surface area contributed by atoms with Gasteiger partial charge in [-0.25, -0.2) is 4.79 Å². The van der Waals surface area contributed by atoms with Gasteiger partial charge < -0.3 is 9.15 Å². The van der Waals surface area contributed by atoms with E-state index in [1.807, 2.05) is 45.9 Å². The van der Waals surface area contributed by atoms with Gasteiger partial charge in [-0.1, -0.05) is 0 Å². The second-order valence-electron chi connectivity index (χ2n) is 5.60. The van der Waals surface area contributed by atoms with E-state index in [1.54, 1.807) is 6.08 Å². The molecule has 0 saturated carbocycles. The summed E-state index contributed by atoms with van der Waals surface area (Å²) in [6.45, 7) is 7.97. The van der Waals surface area contributed by atoms with Gasteiger partial charge in [0.25, 0.3) is 0 Å². The summed E-state index contributed by atoms with van der Waals surface area (Å²) in [5.74, 6) is 0.627. The van der Waals surface area contributed by atoms with E-state index in [0.717, 1.165) is 16.5 Å². The maximum atomic E-state index is 12.0. The van der Waals surface area contributed by atoms with Gasteiger partial charge in [0, 0.05) is 0 Å². The van der Waals surface area contributed by atoms with Gasteiger partial charge in [0.15, 0.2) is 0 Å². The van der Waals surface area contributed by atoms with E-state index in [9.17, 15) is 4.79 Å². The van der Waals surface area contributed by atoms with Gasteiger partial charge in [-0.2, -0.15) is 0 Å². The standard InChI is InChI=1S/C16H16O3/c1-9-7-12-13(8-10(9)2)18-15(17)11-5-6-16(3,4)19-14(11)12/h5-8H,1-4H3. The number of hydrogen-bond acceptors (Lipinski definition) is 3. The zero-order valence-electron chi connectivity index (χ0n) is 11.5. The van der Waals surface area contributed by atoms with E-state index >= 15 is 0 Å². The second-order valence-corrected chi connectivity index (χ2v) is 5.60. The smallest absolute Gasteiger partial charge is 0.347 e. The fraction of sp³-hybridized carbons (Fsp3) is 0.312. The number of ether oxygens (including phenoxy) is 1. The minimum Gasteiger partial charge on any atom is -0.482 e. The van der Waals surface area contributed by atoms with Crippen LogP contribution < -0.4 is 10.4 Å². The van der Waals surface area contributed by atoms with Gasteiger partial charge in [0.2, 0.25) is 0 Å². The molecule has 0 aliphatic carbocycles. The molecule has 2 aromatic rings. The first-order chi connectivity index (χ1) is 8.87. The Kier molecular flexibility index (Phi) is 2.36. The Labute approximate surface area is 111 Å². The highest BCUT2D eigenvalue weighted by molar-refractivity contribution is 5.88. The van der Waals surface area contributed by atoms with Gasteiger partial charge >= 0.3 is 5.63 Å². The minimum absolute atomic E-state index is 0.350. The van der Waals surface area contributed by atoms with Crippen molar-refractivity contribution in [2.75, 3.05) is 0 Å². The Bertz CT molecular complexity index is 764. The molecule has 3 nitrogen and oxygen atoms in total. The van der Waals surface area contributed by atoms with E-state index in [4.69, 9.17) is 9.15 Å². The first kappa shape index (κ1) is 12.0. The third-order valence-corrected chi connectivity index (χ3v) is 3.52. The summed E-state index contributed by atoms with van der Waals surface area (Å²) in [5, 5.41) is 0.857. The molecule has 0 fully saturated rings. The zero-order chi connectivity index (χ0) is 13.8. The van der Waals surface area contributed by atoms with Gasteiger partial charge in [-0.15, -0.1) is 0 Å². The van der Waals surface area contributed by atoms with Gasteiger partial charge in [-0.3, -0.25) is 0 Å². The van der Waals surface area contributed by atoms with Crippen molar-refractivity contribution >= 4 is 17.0 Å². The summed E-state index contributed by atoms with van der Waals surface area (Å²) in [6, 6.07) is 3.91. The van der Waals surface area contributed by atoms with Crippen LogP contribution in [-0.4, -0.2) is 5.60 Å². The lowest BCUT2D eigenvalue weighted by molar-refractivity contribution is 0.160. The molecule has 0 saturated heterocycles. The highest BCUT2D eigenvalue weighted by Gasteiger charge is 2.26. The fourth-order valence-electron chi connectivity index (χ4n) is 2.28. The van der Waals surface area contributed by atoms with E-state index in [2.05, 4.69) is 0 Å². The number of fused-ring (bicyclic) bond motifs is 3. The number of aryl methyl sites for hydroxylation is 2. The lowest BCUT2D eigenvalue weighted by atomic mass is 10.00. The van der Waals surface area contributed by atoms with Crippen molar-refractivity contribution in [3.63, 3.8) is 0 Å². The quantitative estimate of drug-likeness (QED) is 0.676. The summed E-state index contributed by atoms with van der Waals surface area (Å²) in [5.41, 5.74) is 2.57. The summed E-state index contributed by atoms with van der Waals surface area (Å²) in [7, 11) is 0. The molecule has 98 valence electrons. The molecular weight excluding hydrogens is 240 g/mol. The van der Waals surface area contributed by atoms with Crippen LogP contribution in [0.3, 0.4) is 0 Å². The lowest BCUT2D eigenvalue weighted by Crippen LogP contribution is -2.29. The average Bonchev–Trinajstić information content (AvgIpc) is 2.31. The average molecular weight is 256 g/mol. The van der Waals surface area contributed by atoms with Crippen molar-refractivity contribution in [1.82, 2.24) is 0 Å². The molecule has 3 heteroatoms. The van der Waals surface area contributed by atoms with Crippen LogP contribution >= 0.6 is 0 Å². The van der Waals surface area contributed by atoms with Gasteiger partial charge in [0.05, 0.1) is 5.39 Å². The van der Waals surface area contributed by atoms with Crippen LogP contribution in [0.15, 0.2) is 27.4 Å². The number of hydrogen-bond donors (Lipinski definition) is 0. The molecule has 0 atom stereocenters. The Balaban J connectivity index is 2.42. The number of benzene rings is 1. The molecule has 3 rings (SSSR count). The first-order valence-corrected chi connectivity index (χ1v) is 6.34. The SMILES string of the molecule is Cc1cc2oc(=O)c3c(c2cc1C)OC(C)(C)C=C3. The monoisotopic (exact) mass is 256 g/mol. The third kappa shape index (κ3) is 1.86. The van der Waals surface area contributed by atoms with Crippen molar-refractivity contribution < 1.29 is 9.15 Å². The second kappa shape index (κ2) is 3.73. The molecule has 1 aromatic heterocycles. The Morgan fingerprint density at radius 1 is 1.11 bits per heavy atom. The number of rotatable bonds is 0. The zero-order valence-corrected chi connectivity index (χ0v) is 11.5. The predicted octanol–water partition coefficient (Wildman–Crippen LogP) is 3.59. The highest BCUT2D eigenvalue weighted by atomic mass is 16.5. The van der Waals surface area contributed by atoms with Crippen molar-refractivity contribution in [2.24, 2.45) is 0 Å². The molecule has 0 spiro atoms. The molecular formula is C16H16O3. The summed E-state index contributed by atoms with van der Waals surface area (Å²) >= 11 is 0. The van der Waals surface area contributed by atoms with E-state index < -0.39 is 5.60 Å². The molecule has 19 heavy (non-hydrogen) atoms. The molecule has 1 aliphatic rings. The van der Waals surface area contributed by atoms with Crippen LogP contribution in [-0.2, 0) is 0 Å². The fourth-order valence-corrected chi connectivity index (χ4v) is 2.28. The van der Waals surface area contributed by atoms with E-state index in [1.165, 1.54) is 0 Å². The molecule has 1 aromatic carbocycles. The molecule has 0 radical (unpaired) electrons. The van der Waals surface area contributed by atoms with Crippen molar-refractivity contribution in [3.05, 3.63) is 45.3 Å². The summed E-state index contributed by atoms with van der Waals surface area (Å²) < 4.78 is 11.3.